The number of ketones is 1. The fourth-order valence-corrected chi connectivity index (χ4v) is 7.14. The van der Waals surface area contributed by atoms with E-state index in [1.165, 1.54) is 16.4 Å². The van der Waals surface area contributed by atoms with Crippen molar-refractivity contribution in [3.8, 4) is 0 Å². The number of nitrogens with zero attached hydrogens (tertiary/aromatic N) is 3. The smallest absolute Gasteiger partial charge is 0.242 e. The standard InChI is InChI=1S/C29H32FN3O3S2/c1-31(2)38(35,36)24-12-13-28-26(20-24)33(25-6-3-4-7-27(25)37-28)17-5-16-32-18-14-22(15-19-32)29(34)21-8-10-23(30)11-9-21/h3-4,6-13,20,22H,5,14-19H2,1-2H3. The summed E-state index contributed by atoms with van der Waals surface area (Å²) in [6.07, 6.45) is 2.50. The maximum Gasteiger partial charge on any atom is 0.242 e. The largest absolute Gasteiger partial charge is 0.340 e. The highest BCUT2D eigenvalue weighted by atomic mass is 32.2. The van der Waals surface area contributed by atoms with Gasteiger partial charge in [-0.25, -0.2) is 17.1 Å². The Labute approximate surface area is 228 Å². The number of rotatable bonds is 8. The van der Waals surface area contributed by atoms with Gasteiger partial charge in [0.2, 0.25) is 10.0 Å². The van der Waals surface area contributed by atoms with Crippen LogP contribution in [0.1, 0.15) is 29.6 Å². The zero-order valence-electron chi connectivity index (χ0n) is 21.6. The quantitative estimate of drug-likeness (QED) is 0.336. The van der Waals surface area contributed by atoms with E-state index in [0.29, 0.717) is 10.5 Å². The molecule has 6 nitrogen and oxygen atoms in total. The van der Waals surface area contributed by atoms with Crippen molar-refractivity contribution in [3.05, 3.63) is 78.1 Å². The number of para-hydroxylation sites is 1. The minimum absolute atomic E-state index is 0.0216. The van der Waals surface area contributed by atoms with Gasteiger partial charge in [0.15, 0.2) is 5.78 Å². The normalized spacial score (nSPS) is 16.4. The van der Waals surface area contributed by atoms with E-state index in [1.807, 2.05) is 18.2 Å². The Morgan fingerprint density at radius 2 is 1.63 bits per heavy atom. The number of carbonyl (C=O) groups is 1. The molecule has 0 bridgehead atoms. The Bertz CT molecular complexity index is 1420. The van der Waals surface area contributed by atoms with E-state index in [9.17, 15) is 17.6 Å². The van der Waals surface area contributed by atoms with E-state index in [-0.39, 0.29) is 17.5 Å². The molecule has 0 saturated carbocycles. The number of anilines is 2. The van der Waals surface area contributed by atoms with Gasteiger partial charge in [-0.05, 0) is 93.5 Å². The number of sulfonamides is 1. The molecule has 2 aliphatic rings. The molecule has 2 aliphatic heterocycles. The Balaban J connectivity index is 1.25. The molecule has 2 heterocycles. The summed E-state index contributed by atoms with van der Waals surface area (Å²) in [6, 6.07) is 19.4. The van der Waals surface area contributed by atoms with E-state index < -0.39 is 10.0 Å². The number of Topliss-reactive ketones (excluding diaryl/α,β-unsaturated/α-hetero) is 1. The van der Waals surface area contributed by atoms with Crippen molar-refractivity contribution in [1.29, 1.82) is 0 Å². The van der Waals surface area contributed by atoms with Gasteiger partial charge < -0.3 is 9.80 Å². The van der Waals surface area contributed by atoms with Crippen molar-refractivity contribution < 1.29 is 17.6 Å². The van der Waals surface area contributed by atoms with Crippen LogP contribution in [0.5, 0.6) is 0 Å². The van der Waals surface area contributed by atoms with Crippen molar-refractivity contribution >= 4 is 38.9 Å². The topological polar surface area (TPSA) is 60.9 Å². The molecule has 0 aromatic heterocycles. The van der Waals surface area contributed by atoms with Crippen LogP contribution < -0.4 is 4.90 Å². The minimum atomic E-state index is -3.54. The molecule has 3 aromatic rings. The Morgan fingerprint density at radius 1 is 0.947 bits per heavy atom. The van der Waals surface area contributed by atoms with Gasteiger partial charge in [0, 0.05) is 41.9 Å². The maximum absolute atomic E-state index is 13.2. The highest BCUT2D eigenvalue weighted by molar-refractivity contribution is 7.99. The van der Waals surface area contributed by atoms with E-state index in [1.54, 1.807) is 50.1 Å². The van der Waals surface area contributed by atoms with Crippen LogP contribution in [0.25, 0.3) is 0 Å². The lowest BCUT2D eigenvalue weighted by Gasteiger charge is -2.35. The molecule has 0 unspecified atom stereocenters. The summed E-state index contributed by atoms with van der Waals surface area (Å²) < 4.78 is 40.1. The molecule has 0 radical (unpaired) electrons. The molecular formula is C29H32FN3O3S2. The summed E-state index contributed by atoms with van der Waals surface area (Å²) in [7, 11) is -0.443. The molecule has 0 atom stereocenters. The Morgan fingerprint density at radius 3 is 2.34 bits per heavy atom. The van der Waals surface area contributed by atoms with Crippen LogP contribution in [0.15, 0.2) is 81.4 Å². The number of carbonyl (C=O) groups excluding carboxylic acids is 1. The number of piperidine rings is 1. The highest BCUT2D eigenvalue weighted by Crippen LogP contribution is 2.48. The number of benzene rings is 3. The second kappa shape index (κ2) is 11.2. The predicted octanol–water partition coefficient (Wildman–Crippen LogP) is 5.66. The van der Waals surface area contributed by atoms with Crippen LogP contribution in [0.3, 0.4) is 0 Å². The van der Waals surface area contributed by atoms with Gasteiger partial charge in [-0.2, -0.15) is 0 Å². The summed E-state index contributed by atoms with van der Waals surface area (Å²) in [5, 5.41) is 0. The zero-order chi connectivity index (χ0) is 26.9. The molecular weight excluding hydrogens is 521 g/mol. The van der Waals surface area contributed by atoms with Crippen molar-refractivity contribution in [3.63, 3.8) is 0 Å². The van der Waals surface area contributed by atoms with Gasteiger partial charge in [0.05, 0.1) is 16.3 Å². The van der Waals surface area contributed by atoms with E-state index >= 15 is 0 Å². The van der Waals surface area contributed by atoms with Gasteiger partial charge >= 0.3 is 0 Å². The average molecular weight is 554 g/mol. The number of fused-ring (bicyclic) bond motifs is 2. The number of likely N-dealkylation sites (tertiary alicyclic amines) is 1. The van der Waals surface area contributed by atoms with Crippen molar-refractivity contribution in [2.45, 2.75) is 33.9 Å². The summed E-state index contributed by atoms with van der Waals surface area (Å²) in [6.45, 7) is 3.36. The first-order valence-corrected chi connectivity index (χ1v) is 15.1. The molecule has 9 heteroatoms. The maximum atomic E-state index is 13.2. The van der Waals surface area contributed by atoms with Crippen LogP contribution in [-0.4, -0.2) is 63.7 Å². The van der Waals surface area contributed by atoms with Gasteiger partial charge in [-0.3, -0.25) is 4.79 Å². The Kier molecular flexibility index (Phi) is 7.90. The summed E-state index contributed by atoms with van der Waals surface area (Å²) in [5.41, 5.74) is 2.59. The zero-order valence-corrected chi connectivity index (χ0v) is 23.3. The minimum Gasteiger partial charge on any atom is -0.340 e. The molecule has 200 valence electrons. The second-order valence-corrected chi connectivity index (χ2v) is 13.2. The van der Waals surface area contributed by atoms with Crippen molar-refractivity contribution in [2.24, 2.45) is 5.92 Å². The number of hydrogen-bond acceptors (Lipinski definition) is 6. The lowest BCUT2D eigenvalue weighted by Crippen LogP contribution is -2.38. The van der Waals surface area contributed by atoms with Gasteiger partial charge in [-0.15, -0.1) is 0 Å². The van der Waals surface area contributed by atoms with E-state index in [0.717, 1.165) is 66.6 Å². The van der Waals surface area contributed by atoms with Gasteiger partial charge in [0.1, 0.15) is 5.82 Å². The fourth-order valence-electron chi connectivity index (χ4n) is 5.14. The molecule has 0 spiro atoms. The number of halogens is 1. The Hall–Kier alpha value is -2.72. The molecule has 0 aliphatic carbocycles. The van der Waals surface area contributed by atoms with Gasteiger partial charge in [-0.1, -0.05) is 23.9 Å². The molecule has 0 N–H and O–H groups in total. The first-order valence-electron chi connectivity index (χ1n) is 12.9. The van der Waals surface area contributed by atoms with Crippen LogP contribution in [-0.2, 0) is 10.0 Å². The van der Waals surface area contributed by atoms with Crippen LogP contribution in [0.4, 0.5) is 15.8 Å². The molecule has 0 amide bonds. The van der Waals surface area contributed by atoms with E-state index in [4.69, 9.17) is 0 Å². The first kappa shape index (κ1) is 26.9. The third-order valence-corrected chi connectivity index (χ3v) is 10.3. The van der Waals surface area contributed by atoms with Crippen LogP contribution in [0.2, 0.25) is 0 Å². The summed E-state index contributed by atoms with van der Waals surface area (Å²) in [4.78, 5) is 19.9. The predicted molar refractivity (Wildman–Crippen MR) is 149 cm³/mol. The third-order valence-electron chi connectivity index (χ3n) is 7.32. The van der Waals surface area contributed by atoms with Crippen LogP contribution in [0, 0.1) is 11.7 Å². The lowest BCUT2D eigenvalue weighted by molar-refractivity contribution is 0.0840. The molecule has 38 heavy (non-hydrogen) atoms. The van der Waals surface area contributed by atoms with Crippen LogP contribution >= 0.6 is 11.8 Å². The highest BCUT2D eigenvalue weighted by Gasteiger charge is 2.28. The molecule has 5 rings (SSSR count). The number of hydrogen-bond donors (Lipinski definition) is 0. The monoisotopic (exact) mass is 553 g/mol. The van der Waals surface area contributed by atoms with Gasteiger partial charge in [0.25, 0.3) is 0 Å². The second-order valence-electron chi connectivity index (χ2n) is 9.98. The van der Waals surface area contributed by atoms with E-state index in [2.05, 4.69) is 21.9 Å². The first-order chi connectivity index (χ1) is 18.2. The van der Waals surface area contributed by atoms with Crippen molar-refractivity contribution in [1.82, 2.24) is 9.21 Å². The average Bonchev–Trinajstić information content (AvgIpc) is 2.92. The summed E-state index contributed by atoms with van der Waals surface area (Å²) in [5.74, 6) is -0.247. The summed E-state index contributed by atoms with van der Waals surface area (Å²) >= 11 is 1.66. The lowest BCUT2D eigenvalue weighted by atomic mass is 9.89. The molecule has 1 fully saturated rings. The van der Waals surface area contributed by atoms with Crippen molar-refractivity contribution in [2.75, 3.05) is 45.2 Å². The molecule has 3 aromatic carbocycles. The molecule has 1 saturated heterocycles. The SMILES string of the molecule is CN(C)S(=O)(=O)c1ccc2c(c1)N(CCCN1CCC(C(=O)c3ccc(F)cc3)CC1)c1ccccc1S2. The fraction of sp³-hybridized carbons (Fsp3) is 0.345. The third kappa shape index (κ3) is 5.52.